The van der Waals surface area contributed by atoms with Crippen molar-refractivity contribution in [3.63, 3.8) is 0 Å². The number of piperidine rings is 1. The molecule has 0 bridgehead atoms. The van der Waals surface area contributed by atoms with Crippen LogP contribution in [0.3, 0.4) is 0 Å². The second-order valence-electron chi connectivity index (χ2n) is 5.15. The van der Waals surface area contributed by atoms with Gasteiger partial charge in [0, 0.05) is 57.8 Å². The molecule has 2 aliphatic heterocycles. The van der Waals surface area contributed by atoms with Crippen molar-refractivity contribution in [3.8, 4) is 0 Å². The van der Waals surface area contributed by atoms with E-state index in [4.69, 9.17) is 0 Å². The zero-order valence-corrected chi connectivity index (χ0v) is 15.4. The van der Waals surface area contributed by atoms with Crippen molar-refractivity contribution in [1.29, 1.82) is 0 Å². The summed E-state index contributed by atoms with van der Waals surface area (Å²) >= 11 is 2.05. The Bertz CT molecular complexity index is 292. The van der Waals surface area contributed by atoms with E-state index < -0.39 is 0 Å². The molecule has 0 aliphatic carbocycles. The number of thioether (sulfide) groups is 1. The smallest absolute Gasteiger partial charge is 0.193 e. The topological polar surface area (TPSA) is 51.1 Å². The predicted molar refractivity (Wildman–Crippen MR) is 97.4 cm³/mol. The summed E-state index contributed by atoms with van der Waals surface area (Å²) in [6.45, 7) is 6.27. The van der Waals surface area contributed by atoms with Crippen LogP contribution in [-0.2, 0) is 0 Å². The molecule has 20 heavy (non-hydrogen) atoms. The number of aliphatic imine (C=N–C) groups is 1. The first kappa shape index (κ1) is 18.3. The molecule has 2 fully saturated rings. The van der Waals surface area contributed by atoms with Gasteiger partial charge < -0.3 is 15.3 Å². The highest BCUT2D eigenvalue weighted by Gasteiger charge is 2.19. The standard InChI is InChI=1S/C13H26N4OS.HI/c1-14-13(17-5-2-12(18)3-6-17)15-4-7-16-8-10-19-11-9-16;/h12,18H,2-11H2,1H3,(H,14,15);1H. The van der Waals surface area contributed by atoms with Gasteiger partial charge in [0.05, 0.1) is 6.10 Å². The number of nitrogens with one attached hydrogen (secondary N) is 1. The third kappa shape index (κ3) is 5.95. The SMILES string of the molecule is CN=C(NCCN1CCSCC1)N1CCC(O)CC1.I. The number of nitrogens with zero attached hydrogens (tertiary/aromatic N) is 3. The zero-order valence-electron chi connectivity index (χ0n) is 12.3. The third-order valence-corrected chi connectivity index (χ3v) is 4.73. The molecule has 0 atom stereocenters. The Morgan fingerprint density at radius 3 is 2.50 bits per heavy atom. The second kappa shape index (κ2) is 10.1. The monoisotopic (exact) mass is 414 g/mol. The Morgan fingerprint density at radius 2 is 1.90 bits per heavy atom. The number of hydrogen-bond donors (Lipinski definition) is 2. The minimum atomic E-state index is -0.125. The number of guanidine groups is 1. The Balaban J connectivity index is 0.00000200. The highest BCUT2D eigenvalue weighted by atomic mass is 127. The molecule has 7 heteroatoms. The molecule has 5 nitrogen and oxygen atoms in total. The maximum Gasteiger partial charge on any atom is 0.193 e. The fourth-order valence-electron chi connectivity index (χ4n) is 2.56. The highest BCUT2D eigenvalue weighted by Crippen LogP contribution is 2.10. The van der Waals surface area contributed by atoms with E-state index in [-0.39, 0.29) is 30.1 Å². The maximum atomic E-state index is 9.53. The molecule has 0 spiro atoms. The van der Waals surface area contributed by atoms with Crippen molar-refractivity contribution in [2.75, 3.05) is 57.8 Å². The summed E-state index contributed by atoms with van der Waals surface area (Å²) in [7, 11) is 1.84. The lowest BCUT2D eigenvalue weighted by atomic mass is 10.1. The van der Waals surface area contributed by atoms with E-state index in [1.54, 1.807) is 0 Å². The van der Waals surface area contributed by atoms with Crippen molar-refractivity contribution in [1.82, 2.24) is 15.1 Å². The number of rotatable bonds is 3. The number of halogens is 1. The lowest BCUT2D eigenvalue weighted by molar-refractivity contribution is 0.108. The Hall–Kier alpha value is 0.270. The van der Waals surface area contributed by atoms with Crippen molar-refractivity contribution in [3.05, 3.63) is 0 Å². The number of hydrogen-bond acceptors (Lipinski definition) is 4. The summed E-state index contributed by atoms with van der Waals surface area (Å²) in [5, 5.41) is 13.0. The molecule has 0 saturated carbocycles. The summed E-state index contributed by atoms with van der Waals surface area (Å²) < 4.78 is 0. The molecular formula is C13H27IN4OS. The first-order valence-corrected chi connectivity index (χ1v) is 8.39. The highest BCUT2D eigenvalue weighted by molar-refractivity contribution is 14.0. The summed E-state index contributed by atoms with van der Waals surface area (Å²) in [4.78, 5) is 9.11. The van der Waals surface area contributed by atoms with Crippen LogP contribution in [0.4, 0.5) is 0 Å². The van der Waals surface area contributed by atoms with Gasteiger partial charge in [0.15, 0.2) is 5.96 Å². The van der Waals surface area contributed by atoms with E-state index in [2.05, 4.69) is 20.1 Å². The average molecular weight is 414 g/mol. The van der Waals surface area contributed by atoms with Gasteiger partial charge in [0.25, 0.3) is 0 Å². The minimum absolute atomic E-state index is 0. The van der Waals surface area contributed by atoms with Crippen LogP contribution in [-0.4, -0.2) is 84.8 Å². The number of likely N-dealkylation sites (tertiary alicyclic amines) is 1. The van der Waals surface area contributed by atoms with E-state index in [9.17, 15) is 5.11 Å². The van der Waals surface area contributed by atoms with Crippen LogP contribution in [0.25, 0.3) is 0 Å². The van der Waals surface area contributed by atoms with Crippen molar-refractivity contribution in [2.45, 2.75) is 18.9 Å². The minimum Gasteiger partial charge on any atom is -0.393 e. The molecule has 0 unspecified atom stereocenters. The molecule has 0 aromatic rings. The summed E-state index contributed by atoms with van der Waals surface area (Å²) in [6, 6.07) is 0. The van der Waals surface area contributed by atoms with E-state index in [1.807, 2.05) is 18.8 Å². The molecule has 0 aromatic heterocycles. The van der Waals surface area contributed by atoms with Crippen LogP contribution in [0.2, 0.25) is 0 Å². The van der Waals surface area contributed by atoms with Gasteiger partial charge >= 0.3 is 0 Å². The Labute approximate surface area is 143 Å². The van der Waals surface area contributed by atoms with Crippen molar-refractivity contribution < 1.29 is 5.11 Å². The third-order valence-electron chi connectivity index (χ3n) is 3.79. The van der Waals surface area contributed by atoms with Gasteiger partial charge in [-0.25, -0.2) is 0 Å². The lowest BCUT2D eigenvalue weighted by Gasteiger charge is -2.33. The molecule has 2 rings (SSSR count). The fourth-order valence-corrected chi connectivity index (χ4v) is 3.54. The van der Waals surface area contributed by atoms with Crippen molar-refractivity contribution in [2.24, 2.45) is 4.99 Å². The fraction of sp³-hybridized carbons (Fsp3) is 0.923. The Morgan fingerprint density at radius 1 is 1.25 bits per heavy atom. The maximum absolute atomic E-state index is 9.53. The van der Waals surface area contributed by atoms with Crippen LogP contribution in [0.15, 0.2) is 4.99 Å². The lowest BCUT2D eigenvalue weighted by Crippen LogP contribution is -2.48. The van der Waals surface area contributed by atoms with Crippen LogP contribution in [0.5, 0.6) is 0 Å². The van der Waals surface area contributed by atoms with Crippen LogP contribution in [0, 0.1) is 0 Å². The van der Waals surface area contributed by atoms with Gasteiger partial charge in [-0.05, 0) is 12.8 Å². The molecule has 2 saturated heterocycles. The van der Waals surface area contributed by atoms with Gasteiger partial charge in [0.2, 0.25) is 0 Å². The van der Waals surface area contributed by atoms with Crippen LogP contribution < -0.4 is 5.32 Å². The largest absolute Gasteiger partial charge is 0.393 e. The molecular weight excluding hydrogens is 387 g/mol. The second-order valence-corrected chi connectivity index (χ2v) is 6.37. The van der Waals surface area contributed by atoms with E-state index in [1.165, 1.54) is 24.6 Å². The van der Waals surface area contributed by atoms with E-state index in [0.717, 1.165) is 45.0 Å². The molecule has 0 amide bonds. The first-order chi connectivity index (χ1) is 9.29. The predicted octanol–water partition coefficient (Wildman–Crippen LogP) is 0.685. The number of aliphatic hydroxyl groups is 1. The van der Waals surface area contributed by atoms with Gasteiger partial charge in [-0.2, -0.15) is 11.8 Å². The zero-order chi connectivity index (χ0) is 13.5. The molecule has 118 valence electrons. The van der Waals surface area contributed by atoms with Gasteiger partial charge in [-0.1, -0.05) is 0 Å². The number of aliphatic hydroxyl groups excluding tert-OH is 1. The normalized spacial score (nSPS) is 22.5. The van der Waals surface area contributed by atoms with Gasteiger partial charge in [-0.3, -0.25) is 9.89 Å². The molecule has 2 N–H and O–H groups in total. The molecule has 0 radical (unpaired) electrons. The van der Waals surface area contributed by atoms with Gasteiger partial charge in [0.1, 0.15) is 0 Å². The summed E-state index contributed by atoms with van der Waals surface area (Å²) in [6.07, 6.45) is 1.58. The molecule has 0 aromatic carbocycles. The van der Waals surface area contributed by atoms with Crippen LogP contribution >= 0.6 is 35.7 Å². The summed E-state index contributed by atoms with van der Waals surface area (Å²) in [5.41, 5.74) is 0. The quantitative estimate of drug-likeness (QED) is 0.404. The van der Waals surface area contributed by atoms with Crippen molar-refractivity contribution >= 4 is 41.7 Å². The molecule has 2 heterocycles. The van der Waals surface area contributed by atoms with E-state index >= 15 is 0 Å². The first-order valence-electron chi connectivity index (χ1n) is 7.23. The summed E-state index contributed by atoms with van der Waals surface area (Å²) in [5.74, 6) is 3.51. The molecule has 2 aliphatic rings. The van der Waals surface area contributed by atoms with Crippen LogP contribution in [0.1, 0.15) is 12.8 Å². The van der Waals surface area contributed by atoms with E-state index in [0.29, 0.717) is 0 Å². The average Bonchev–Trinajstić information content (AvgIpc) is 2.46. The Kier molecular flexibility index (Phi) is 9.23. The van der Waals surface area contributed by atoms with Gasteiger partial charge in [-0.15, -0.1) is 24.0 Å².